The molecular formula is C14H13F3N2O3. The predicted octanol–water partition coefficient (Wildman–Crippen LogP) is 2.12. The van der Waals surface area contributed by atoms with Crippen molar-refractivity contribution in [1.82, 2.24) is 10.2 Å². The maximum Gasteiger partial charge on any atom is 0.573 e. The molecule has 0 radical (unpaired) electrons. The lowest BCUT2D eigenvalue weighted by molar-refractivity contribution is -0.274. The van der Waals surface area contributed by atoms with Gasteiger partial charge in [0.15, 0.2) is 0 Å². The minimum Gasteiger partial charge on any atom is -0.406 e. The van der Waals surface area contributed by atoms with E-state index in [9.17, 15) is 22.8 Å². The van der Waals surface area contributed by atoms with Crippen LogP contribution in [0, 0.1) is 0 Å². The Balaban J connectivity index is 2.27. The maximum absolute atomic E-state index is 12.1. The van der Waals surface area contributed by atoms with Crippen molar-refractivity contribution < 1.29 is 27.5 Å². The predicted molar refractivity (Wildman–Crippen MR) is 70.5 cm³/mol. The molecule has 1 aromatic rings. The van der Waals surface area contributed by atoms with Crippen LogP contribution in [0.3, 0.4) is 0 Å². The number of alkyl halides is 3. The number of halogens is 3. The molecule has 118 valence electrons. The van der Waals surface area contributed by atoms with Gasteiger partial charge < -0.3 is 15.0 Å². The summed E-state index contributed by atoms with van der Waals surface area (Å²) in [4.78, 5) is 25.0. The number of amides is 2. The van der Waals surface area contributed by atoms with Gasteiger partial charge in [-0.25, -0.2) is 0 Å². The molecule has 1 heterocycles. The lowest BCUT2D eigenvalue weighted by atomic mass is 10.0. The molecule has 0 spiro atoms. The van der Waals surface area contributed by atoms with Crippen LogP contribution in [0.1, 0.15) is 18.0 Å². The molecule has 1 aliphatic rings. The number of rotatable bonds is 4. The van der Waals surface area contributed by atoms with Crippen LogP contribution >= 0.6 is 0 Å². The monoisotopic (exact) mass is 314 g/mol. The van der Waals surface area contributed by atoms with Crippen molar-refractivity contribution in [1.29, 1.82) is 0 Å². The van der Waals surface area contributed by atoms with E-state index in [4.69, 9.17) is 0 Å². The van der Waals surface area contributed by atoms with Gasteiger partial charge in [0.05, 0.1) is 0 Å². The second kappa shape index (κ2) is 6.08. The average Bonchev–Trinajstić information content (AvgIpc) is 2.85. The topological polar surface area (TPSA) is 58.6 Å². The summed E-state index contributed by atoms with van der Waals surface area (Å²) < 4.78 is 40.2. The first kappa shape index (κ1) is 15.9. The number of nitrogens with zero attached hydrogens (tertiary/aromatic N) is 1. The molecular weight excluding hydrogens is 301 g/mol. The zero-order valence-electron chi connectivity index (χ0n) is 11.6. The van der Waals surface area contributed by atoms with E-state index < -0.39 is 24.1 Å². The fourth-order valence-corrected chi connectivity index (χ4v) is 2.11. The van der Waals surface area contributed by atoms with Crippen LogP contribution in [0.5, 0.6) is 5.75 Å². The minimum absolute atomic E-state index is 0.183. The highest BCUT2D eigenvalue weighted by atomic mass is 19.4. The van der Waals surface area contributed by atoms with Gasteiger partial charge in [0.1, 0.15) is 11.8 Å². The van der Waals surface area contributed by atoms with Crippen LogP contribution < -0.4 is 10.1 Å². The molecule has 1 unspecified atom stereocenters. The standard InChI is InChI=1S/C14H13F3N2O3/c1-18-13(21)12(19-8-2-3-11(19)20)9-4-6-10(7-5-9)22-14(15,16)17/h2,4-8,12H,3H2,1H3,(H,18,21). The highest BCUT2D eigenvalue weighted by Crippen LogP contribution is 2.28. The van der Waals surface area contributed by atoms with Gasteiger partial charge in [-0.1, -0.05) is 18.2 Å². The third kappa shape index (κ3) is 3.57. The highest BCUT2D eigenvalue weighted by molar-refractivity contribution is 5.90. The molecule has 0 aromatic heterocycles. The largest absolute Gasteiger partial charge is 0.573 e. The summed E-state index contributed by atoms with van der Waals surface area (Å²) >= 11 is 0. The van der Waals surface area contributed by atoms with Crippen LogP contribution in [0.2, 0.25) is 0 Å². The quantitative estimate of drug-likeness (QED) is 0.926. The number of ether oxygens (including phenoxy) is 1. The van der Waals surface area contributed by atoms with E-state index in [0.29, 0.717) is 5.56 Å². The number of likely N-dealkylation sites (N-methyl/N-ethyl adjacent to an activating group) is 1. The van der Waals surface area contributed by atoms with Gasteiger partial charge in [0, 0.05) is 19.7 Å². The Labute approximate surface area is 124 Å². The first-order valence-corrected chi connectivity index (χ1v) is 6.37. The van der Waals surface area contributed by atoms with Gasteiger partial charge in [-0.3, -0.25) is 9.59 Å². The van der Waals surface area contributed by atoms with E-state index in [-0.39, 0.29) is 12.3 Å². The normalized spacial score (nSPS) is 15.8. The smallest absolute Gasteiger partial charge is 0.406 e. The zero-order valence-corrected chi connectivity index (χ0v) is 11.6. The lowest BCUT2D eigenvalue weighted by Gasteiger charge is -2.25. The number of hydrogen-bond donors (Lipinski definition) is 1. The van der Waals surface area contributed by atoms with Gasteiger partial charge in [-0.15, -0.1) is 13.2 Å². The molecule has 8 heteroatoms. The van der Waals surface area contributed by atoms with E-state index in [1.165, 1.54) is 30.3 Å². The molecule has 0 saturated heterocycles. The number of nitrogens with one attached hydrogen (secondary N) is 1. The summed E-state index contributed by atoms with van der Waals surface area (Å²) in [5.41, 5.74) is 0.383. The molecule has 0 aliphatic carbocycles. The van der Waals surface area contributed by atoms with Gasteiger partial charge in [-0.05, 0) is 17.7 Å². The first-order chi connectivity index (χ1) is 10.3. The fourth-order valence-electron chi connectivity index (χ4n) is 2.11. The first-order valence-electron chi connectivity index (χ1n) is 6.37. The fraction of sp³-hybridized carbons (Fsp3) is 0.286. The lowest BCUT2D eigenvalue weighted by Crippen LogP contribution is -2.38. The second-order valence-corrected chi connectivity index (χ2v) is 4.52. The van der Waals surface area contributed by atoms with Gasteiger partial charge >= 0.3 is 6.36 Å². The summed E-state index contributed by atoms with van der Waals surface area (Å²) in [5, 5.41) is 2.44. The van der Waals surface area contributed by atoms with Crippen molar-refractivity contribution in [2.45, 2.75) is 18.8 Å². The van der Waals surface area contributed by atoms with Gasteiger partial charge in [0.2, 0.25) is 11.8 Å². The van der Waals surface area contributed by atoms with E-state index in [1.807, 2.05) is 0 Å². The molecule has 0 fully saturated rings. The maximum atomic E-state index is 12.1. The summed E-state index contributed by atoms with van der Waals surface area (Å²) in [5.74, 6) is -1.09. The highest BCUT2D eigenvalue weighted by Gasteiger charge is 2.33. The molecule has 1 N–H and O–H groups in total. The number of carbonyl (C=O) groups is 2. The van der Waals surface area contributed by atoms with Crippen LogP contribution in [-0.4, -0.2) is 30.1 Å². The Morgan fingerprint density at radius 3 is 2.41 bits per heavy atom. The Hall–Kier alpha value is -2.51. The van der Waals surface area contributed by atoms with Gasteiger partial charge in [0.25, 0.3) is 0 Å². The molecule has 2 amide bonds. The van der Waals surface area contributed by atoms with Crippen LogP contribution in [-0.2, 0) is 9.59 Å². The third-order valence-electron chi connectivity index (χ3n) is 3.05. The van der Waals surface area contributed by atoms with Crippen molar-refractivity contribution in [2.24, 2.45) is 0 Å². The Morgan fingerprint density at radius 1 is 1.32 bits per heavy atom. The van der Waals surface area contributed by atoms with Gasteiger partial charge in [-0.2, -0.15) is 0 Å². The molecule has 5 nitrogen and oxygen atoms in total. The van der Waals surface area contributed by atoms with Crippen LogP contribution in [0.25, 0.3) is 0 Å². The molecule has 2 rings (SSSR count). The van der Waals surface area contributed by atoms with Crippen molar-refractivity contribution in [3.05, 3.63) is 42.1 Å². The average molecular weight is 314 g/mol. The third-order valence-corrected chi connectivity index (χ3v) is 3.05. The Morgan fingerprint density at radius 2 is 1.95 bits per heavy atom. The van der Waals surface area contributed by atoms with E-state index in [0.717, 1.165) is 12.1 Å². The second-order valence-electron chi connectivity index (χ2n) is 4.52. The number of benzene rings is 1. The van der Waals surface area contributed by atoms with E-state index in [1.54, 1.807) is 6.08 Å². The molecule has 1 atom stereocenters. The minimum atomic E-state index is -4.78. The van der Waals surface area contributed by atoms with E-state index in [2.05, 4.69) is 10.1 Å². The van der Waals surface area contributed by atoms with Crippen LogP contribution in [0.4, 0.5) is 13.2 Å². The summed E-state index contributed by atoms with van der Waals surface area (Å²) in [6.45, 7) is 0. The van der Waals surface area contributed by atoms with E-state index >= 15 is 0 Å². The van der Waals surface area contributed by atoms with Crippen molar-refractivity contribution in [3.63, 3.8) is 0 Å². The molecule has 0 bridgehead atoms. The van der Waals surface area contributed by atoms with Crippen LogP contribution in [0.15, 0.2) is 36.5 Å². The van der Waals surface area contributed by atoms with Crippen molar-refractivity contribution in [3.8, 4) is 5.75 Å². The molecule has 0 saturated carbocycles. The Bertz CT molecular complexity index is 596. The van der Waals surface area contributed by atoms with Crippen molar-refractivity contribution >= 4 is 11.8 Å². The Kier molecular flexibility index (Phi) is 4.39. The zero-order chi connectivity index (χ0) is 16.3. The SMILES string of the molecule is CNC(=O)C(c1ccc(OC(F)(F)F)cc1)N1C=CCC1=O. The molecule has 22 heavy (non-hydrogen) atoms. The summed E-state index contributed by atoms with van der Waals surface area (Å²) in [6, 6.07) is 3.91. The van der Waals surface area contributed by atoms with Crippen molar-refractivity contribution in [2.75, 3.05) is 7.05 Å². The number of carbonyl (C=O) groups excluding carboxylic acids is 2. The number of hydrogen-bond acceptors (Lipinski definition) is 3. The summed E-state index contributed by atoms with van der Waals surface area (Å²) in [7, 11) is 1.42. The molecule has 1 aromatic carbocycles. The summed E-state index contributed by atoms with van der Waals surface area (Å²) in [6.07, 6.45) is -1.50. The molecule has 1 aliphatic heterocycles.